The van der Waals surface area contributed by atoms with Crippen LogP contribution in [-0.2, 0) is 6.18 Å². The van der Waals surface area contributed by atoms with Crippen molar-refractivity contribution in [1.29, 1.82) is 0 Å². The van der Waals surface area contributed by atoms with Crippen LogP contribution in [-0.4, -0.2) is 92.4 Å². The van der Waals surface area contributed by atoms with Gasteiger partial charge in [-0.25, -0.2) is 9.78 Å². The van der Waals surface area contributed by atoms with Crippen molar-refractivity contribution in [3.63, 3.8) is 0 Å². The van der Waals surface area contributed by atoms with Crippen LogP contribution in [0.3, 0.4) is 0 Å². The number of piperazine rings is 1. The van der Waals surface area contributed by atoms with E-state index in [1.807, 2.05) is 7.05 Å². The van der Waals surface area contributed by atoms with Crippen LogP contribution in [0.2, 0.25) is 5.02 Å². The molecule has 2 saturated heterocycles. The highest BCUT2D eigenvalue weighted by Crippen LogP contribution is 2.36. The van der Waals surface area contributed by atoms with Crippen LogP contribution < -0.4 is 15.2 Å². The lowest BCUT2D eigenvalue weighted by molar-refractivity contribution is -0.146. The smallest absolute Gasteiger partial charge is 0.450 e. The summed E-state index contributed by atoms with van der Waals surface area (Å²) >= 11 is 6.45. The minimum absolute atomic E-state index is 0.0342. The molecule has 2 aliphatic heterocycles. The molecule has 2 aromatic carbocycles. The number of benzene rings is 2. The number of alkyl halides is 3. The molecule has 11 nitrogen and oxygen atoms in total. The number of aromatic nitrogens is 4. The summed E-state index contributed by atoms with van der Waals surface area (Å²) in [4.78, 5) is 43.6. The number of anilines is 1. The van der Waals surface area contributed by atoms with Crippen molar-refractivity contribution in [2.45, 2.75) is 38.0 Å². The zero-order chi connectivity index (χ0) is 31.3. The maximum absolute atomic E-state index is 14.7. The van der Waals surface area contributed by atoms with Crippen molar-refractivity contribution >= 4 is 45.3 Å². The Balaban J connectivity index is 1.59. The second-order valence-electron chi connectivity index (χ2n) is 11.1. The number of carbonyl (C=O) groups is 1. The summed E-state index contributed by atoms with van der Waals surface area (Å²) in [7, 11) is 1.97. The molecule has 0 saturated carbocycles. The van der Waals surface area contributed by atoms with Gasteiger partial charge in [-0.05, 0) is 50.9 Å². The Bertz CT molecular complexity index is 1810. The molecular formula is C29H29ClF3N7O4. The zero-order valence-electron chi connectivity index (χ0n) is 23.9. The van der Waals surface area contributed by atoms with Crippen molar-refractivity contribution in [2.24, 2.45) is 0 Å². The molecule has 0 spiro atoms. The Morgan fingerprint density at radius 2 is 1.84 bits per heavy atom. The van der Waals surface area contributed by atoms with E-state index in [9.17, 15) is 27.9 Å². The molecule has 1 amide bonds. The first-order chi connectivity index (χ1) is 20.9. The highest BCUT2D eigenvalue weighted by atomic mass is 35.5. The molecule has 1 N–H and O–H groups in total. The fraction of sp³-hybridized carbons (Fsp3) is 0.414. The van der Waals surface area contributed by atoms with E-state index in [0.29, 0.717) is 9.95 Å². The molecule has 0 radical (unpaired) electrons. The van der Waals surface area contributed by atoms with Gasteiger partial charge in [0.25, 0.3) is 5.56 Å². The monoisotopic (exact) mass is 631 g/mol. The van der Waals surface area contributed by atoms with Gasteiger partial charge in [-0.2, -0.15) is 23.1 Å². The number of nitrogens with zero attached hydrogens (tertiary/aromatic N) is 7. The summed E-state index contributed by atoms with van der Waals surface area (Å²) < 4.78 is 50.7. The van der Waals surface area contributed by atoms with Crippen LogP contribution >= 0.6 is 11.6 Å². The molecule has 0 bridgehead atoms. The minimum Gasteiger partial charge on any atom is -0.465 e. The van der Waals surface area contributed by atoms with E-state index in [1.165, 1.54) is 23.1 Å². The molecule has 2 atom stereocenters. The summed E-state index contributed by atoms with van der Waals surface area (Å²) in [6.07, 6.45) is -4.29. The van der Waals surface area contributed by atoms with Gasteiger partial charge in [0.05, 0.1) is 10.7 Å². The first-order valence-electron chi connectivity index (χ1n) is 14.1. The zero-order valence-corrected chi connectivity index (χ0v) is 24.6. The van der Waals surface area contributed by atoms with E-state index in [0.717, 1.165) is 19.4 Å². The topological polar surface area (TPSA) is 117 Å². The van der Waals surface area contributed by atoms with Gasteiger partial charge in [-0.3, -0.25) is 9.36 Å². The molecular weight excluding hydrogens is 603 g/mol. The summed E-state index contributed by atoms with van der Waals surface area (Å²) in [5.41, 5.74) is -1.89. The molecule has 232 valence electrons. The Hall–Kier alpha value is -4.17. The molecule has 6 rings (SSSR count). The summed E-state index contributed by atoms with van der Waals surface area (Å²) in [5, 5.41) is 10.4. The van der Waals surface area contributed by atoms with Gasteiger partial charge in [0.2, 0.25) is 5.82 Å². The first-order valence-corrected chi connectivity index (χ1v) is 14.5. The Morgan fingerprint density at radius 3 is 2.50 bits per heavy atom. The number of carboxylic acid groups (broad SMARTS) is 1. The van der Waals surface area contributed by atoms with Gasteiger partial charge in [0, 0.05) is 37.1 Å². The van der Waals surface area contributed by atoms with Crippen LogP contribution in [0, 0.1) is 0 Å². The van der Waals surface area contributed by atoms with Crippen LogP contribution in [0.4, 0.5) is 23.8 Å². The van der Waals surface area contributed by atoms with E-state index < -0.39 is 29.7 Å². The number of rotatable bonds is 5. The van der Waals surface area contributed by atoms with Crippen LogP contribution in [0.5, 0.6) is 6.01 Å². The summed E-state index contributed by atoms with van der Waals surface area (Å²) in [5.74, 6) is -1.50. The number of ether oxygens (including phenoxy) is 1. The van der Waals surface area contributed by atoms with Gasteiger partial charge in [-0.15, -0.1) is 0 Å². The predicted molar refractivity (Wildman–Crippen MR) is 158 cm³/mol. The van der Waals surface area contributed by atoms with E-state index >= 15 is 0 Å². The third-order valence-corrected chi connectivity index (χ3v) is 8.57. The summed E-state index contributed by atoms with van der Waals surface area (Å²) in [6.45, 7) is 3.08. The van der Waals surface area contributed by atoms with Crippen molar-refractivity contribution < 1.29 is 27.8 Å². The van der Waals surface area contributed by atoms with Crippen molar-refractivity contribution in [3.8, 4) is 11.7 Å². The molecule has 15 heteroatoms. The third-order valence-electron chi connectivity index (χ3n) is 8.25. The molecule has 4 aromatic rings. The first kappa shape index (κ1) is 29.9. The van der Waals surface area contributed by atoms with E-state index in [4.69, 9.17) is 16.3 Å². The fourth-order valence-electron chi connectivity index (χ4n) is 5.98. The van der Waals surface area contributed by atoms with E-state index in [2.05, 4.69) is 19.9 Å². The maximum atomic E-state index is 14.7. The lowest BCUT2D eigenvalue weighted by Crippen LogP contribution is -2.53. The highest BCUT2D eigenvalue weighted by molar-refractivity contribution is 6.36. The molecule has 0 aliphatic carbocycles. The quantitative estimate of drug-likeness (QED) is 0.336. The predicted octanol–water partition coefficient (Wildman–Crippen LogP) is 4.66. The van der Waals surface area contributed by atoms with Crippen molar-refractivity contribution in [1.82, 2.24) is 29.3 Å². The Labute approximate surface area is 254 Å². The second-order valence-corrected chi connectivity index (χ2v) is 11.5. The van der Waals surface area contributed by atoms with Gasteiger partial charge in [0.15, 0.2) is 11.3 Å². The molecule has 4 heterocycles. The van der Waals surface area contributed by atoms with Crippen LogP contribution in [0.25, 0.3) is 27.5 Å². The normalized spacial score (nSPS) is 19.7. The number of likely N-dealkylation sites (N-methyl/N-ethyl adjacent to an activating group) is 1. The fourth-order valence-corrected chi connectivity index (χ4v) is 6.26. The van der Waals surface area contributed by atoms with Crippen molar-refractivity contribution in [3.05, 3.63) is 57.6 Å². The average Bonchev–Trinajstić information content (AvgIpc) is 3.39. The van der Waals surface area contributed by atoms with Crippen molar-refractivity contribution in [2.75, 3.05) is 44.7 Å². The number of hydrogen-bond acceptors (Lipinski definition) is 8. The largest absolute Gasteiger partial charge is 0.465 e. The Kier molecular flexibility index (Phi) is 7.74. The number of fused-ring (bicyclic) bond motifs is 2. The number of amides is 1. The van der Waals surface area contributed by atoms with Gasteiger partial charge < -0.3 is 24.5 Å². The van der Waals surface area contributed by atoms with Gasteiger partial charge >= 0.3 is 18.3 Å². The molecule has 2 unspecified atom stereocenters. The maximum Gasteiger partial charge on any atom is 0.450 e. The molecule has 2 fully saturated rings. The highest BCUT2D eigenvalue weighted by Gasteiger charge is 2.40. The number of halogens is 4. The van der Waals surface area contributed by atoms with E-state index in [-0.39, 0.29) is 71.2 Å². The lowest BCUT2D eigenvalue weighted by atomic mass is 10.1. The molecule has 2 aromatic heterocycles. The standard InChI is InChI=1S/C29H29ClF3N7O4/c1-16-14-38(28(42)43)12-13-39(16)24-22-23(35-27(36-24)44-15-18-8-5-11-37(18)2)25(41)40(26(34-22)29(31,32)33)20-10-4-7-17-6-3-9-19(30)21(17)20/h3-4,6-7,9-10,16,18H,5,8,11-15H2,1-2H3,(H,42,43). The third kappa shape index (κ3) is 5.36. The van der Waals surface area contributed by atoms with Gasteiger partial charge in [-0.1, -0.05) is 35.9 Å². The van der Waals surface area contributed by atoms with Crippen LogP contribution in [0.15, 0.2) is 41.2 Å². The second kappa shape index (κ2) is 11.4. The lowest BCUT2D eigenvalue weighted by Gasteiger charge is -2.39. The van der Waals surface area contributed by atoms with E-state index in [1.54, 1.807) is 30.0 Å². The minimum atomic E-state index is -5.05. The molecule has 44 heavy (non-hydrogen) atoms. The number of likely N-dealkylation sites (tertiary alicyclic amines) is 1. The summed E-state index contributed by atoms with van der Waals surface area (Å²) in [6, 6.07) is 8.87. The molecule has 2 aliphatic rings. The van der Waals surface area contributed by atoms with Crippen LogP contribution in [0.1, 0.15) is 25.6 Å². The Morgan fingerprint density at radius 1 is 1.09 bits per heavy atom. The number of hydrogen-bond donors (Lipinski definition) is 1. The SMILES string of the molecule is CC1CN(C(=O)O)CCN1c1nc(OCC2CCCN2C)nc2c(=O)n(-c3cccc4cccc(Cl)c34)c(C(F)(F)F)nc12. The van der Waals surface area contributed by atoms with Gasteiger partial charge in [0.1, 0.15) is 12.1 Å². The average molecular weight is 632 g/mol.